The van der Waals surface area contributed by atoms with Crippen LogP contribution in [0.2, 0.25) is 0 Å². The molecule has 6 heteroatoms. The molecule has 4 aliphatic rings. The molecule has 6 nitrogen and oxygen atoms in total. The molecule has 1 aliphatic carbocycles. The highest BCUT2D eigenvalue weighted by Gasteiger charge is 2.74. The van der Waals surface area contributed by atoms with Crippen LogP contribution in [0, 0.1) is 11.3 Å². The molecule has 1 aromatic rings. The van der Waals surface area contributed by atoms with E-state index >= 15 is 0 Å². The smallest absolute Gasteiger partial charge is 0.316 e. The van der Waals surface area contributed by atoms with Crippen LogP contribution in [0.5, 0.6) is 0 Å². The van der Waals surface area contributed by atoms with E-state index in [0.29, 0.717) is 13.0 Å². The number of piperidine rings is 2. The first-order chi connectivity index (χ1) is 13.6. The molecule has 28 heavy (non-hydrogen) atoms. The maximum atomic E-state index is 13.5. The van der Waals surface area contributed by atoms with Gasteiger partial charge in [0.25, 0.3) is 0 Å². The van der Waals surface area contributed by atoms with E-state index in [9.17, 15) is 9.90 Å². The van der Waals surface area contributed by atoms with E-state index < -0.39 is 10.8 Å². The van der Waals surface area contributed by atoms with Crippen molar-refractivity contribution in [3.8, 4) is 0 Å². The largest absolute Gasteiger partial charge is 0.468 e. The Labute approximate surface area is 164 Å². The topological polar surface area (TPSA) is 71.4 Å². The number of aliphatic hydroxyl groups excluding tert-OH is 1. The highest BCUT2D eigenvalue weighted by molar-refractivity contribution is 6.11. The first-order valence-electron chi connectivity index (χ1n) is 9.90. The van der Waals surface area contributed by atoms with Gasteiger partial charge in [0.15, 0.2) is 0 Å². The number of hydrogen-bond acceptors (Lipinski definition) is 6. The van der Waals surface area contributed by atoms with Crippen molar-refractivity contribution in [3.63, 3.8) is 0 Å². The van der Waals surface area contributed by atoms with E-state index in [-0.39, 0.29) is 30.8 Å². The van der Waals surface area contributed by atoms with Crippen LogP contribution in [0.25, 0.3) is 0 Å². The fourth-order valence-corrected chi connectivity index (χ4v) is 6.55. The Kier molecular flexibility index (Phi) is 3.86. The summed E-state index contributed by atoms with van der Waals surface area (Å²) >= 11 is 0. The molecule has 5 rings (SSSR count). The minimum absolute atomic E-state index is 0.0842. The predicted octanol–water partition coefficient (Wildman–Crippen LogP) is 2.19. The van der Waals surface area contributed by atoms with Crippen LogP contribution in [0.1, 0.15) is 25.3 Å². The van der Waals surface area contributed by atoms with Crippen LogP contribution >= 0.6 is 0 Å². The van der Waals surface area contributed by atoms with Crippen LogP contribution < -0.4 is 0 Å². The number of rotatable bonds is 3. The zero-order valence-corrected chi connectivity index (χ0v) is 16.5. The number of carbonyl (C=O) groups is 1. The molecule has 1 N–H and O–H groups in total. The monoisotopic (exact) mass is 382 g/mol. The zero-order valence-electron chi connectivity index (χ0n) is 16.5. The molecule has 1 aromatic carbocycles. The van der Waals surface area contributed by atoms with Crippen LogP contribution in [-0.2, 0) is 19.7 Å². The van der Waals surface area contributed by atoms with Gasteiger partial charge in [0.1, 0.15) is 11.6 Å². The van der Waals surface area contributed by atoms with E-state index in [4.69, 9.17) is 14.5 Å². The molecule has 2 saturated heterocycles. The van der Waals surface area contributed by atoms with Gasteiger partial charge in [0, 0.05) is 31.7 Å². The second kappa shape index (κ2) is 5.99. The number of benzene rings is 1. The second-order valence-corrected chi connectivity index (χ2v) is 8.28. The summed E-state index contributed by atoms with van der Waals surface area (Å²) in [5, 5.41) is 10.9. The first-order valence-corrected chi connectivity index (χ1v) is 9.90. The molecule has 0 unspecified atom stereocenters. The minimum atomic E-state index is -1.10. The van der Waals surface area contributed by atoms with E-state index in [1.807, 2.05) is 25.1 Å². The summed E-state index contributed by atoms with van der Waals surface area (Å²) in [6.45, 7) is 2.45. The molecule has 0 spiro atoms. The van der Waals surface area contributed by atoms with Crippen molar-refractivity contribution in [1.82, 2.24) is 4.90 Å². The van der Waals surface area contributed by atoms with E-state index in [0.717, 1.165) is 23.4 Å². The number of methoxy groups -OCH3 is 2. The summed E-state index contributed by atoms with van der Waals surface area (Å²) < 4.78 is 11.3. The SMILES string of the molecule is C/C=C1/CN2[C@@H](OC)C[C@]34C(=Nc5ccccc53)[C@@H]2C[C@@H]1[C@@]4(CO)C(=O)OC. The number of aliphatic hydroxyl groups is 1. The Morgan fingerprint density at radius 1 is 1.39 bits per heavy atom. The Bertz CT molecular complexity index is 910. The molecule has 148 valence electrons. The van der Waals surface area contributed by atoms with Crippen LogP contribution in [0.3, 0.4) is 0 Å². The Morgan fingerprint density at radius 2 is 2.18 bits per heavy atom. The van der Waals surface area contributed by atoms with Crippen molar-refractivity contribution in [1.29, 1.82) is 0 Å². The zero-order chi connectivity index (χ0) is 19.7. The molecular weight excluding hydrogens is 356 g/mol. The Hall–Kier alpha value is -2.02. The normalized spacial score (nSPS) is 39.5. The van der Waals surface area contributed by atoms with Crippen molar-refractivity contribution in [2.24, 2.45) is 16.3 Å². The summed E-state index contributed by atoms with van der Waals surface area (Å²) in [6, 6.07) is 8.11. The van der Waals surface area contributed by atoms with Crippen molar-refractivity contribution < 1.29 is 19.4 Å². The molecular formula is C22H26N2O4. The fourth-order valence-electron chi connectivity index (χ4n) is 6.55. The van der Waals surface area contributed by atoms with Gasteiger partial charge in [0.2, 0.25) is 0 Å². The summed E-state index contributed by atoms with van der Waals surface area (Å²) in [6.07, 6.45) is 3.26. The number of fused-ring (bicyclic) bond motifs is 2. The third-order valence-electron chi connectivity index (χ3n) is 7.68. The van der Waals surface area contributed by atoms with Gasteiger partial charge in [-0.3, -0.25) is 14.7 Å². The number of nitrogens with zero attached hydrogens (tertiary/aromatic N) is 2. The van der Waals surface area contributed by atoms with E-state index in [2.05, 4.69) is 17.0 Å². The van der Waals surface area contributed by atoms with Crippen molar-refractivity contribution in [2.75, 3.05) is 27.4 Å². The van der Waals surface area contributed by atoms with Crippen LogP contribution in [-0.4, -0.2) is 61.3 Å². The highest BCUT2D eigenvalue weighted by Crippen LogP contribution is 2.66. The number of carbonyl (C=O) groups excluding carboxylic acids is 1. The van der Waals surface area contributed by atoms with Gasteiger partial charge in [-0.1, -0.05) is 29.8 Å². The molecule has 0 aromatic heterocycles. The van der Waals surface area contributed by atoms with Crippen molar-refractivity contribution >= 4 is 17.4 Å². The summed E-state index contributed by atoms with van der Waals surface area (Å²) in [7, 11) is 3.14. The van der Waals surface area contributed by atoms with Gasteiger partial charge in [-0.25, -0.2) is 0 Å². The third-order valence-corrected chi connectivity index (χ3v) is 7.68. The lowest BCUT2D eigenvalue weighted by atomic mass is 9.43. The Morgan fingerprint density at radius 3 is 2.86 bits per heavy atom. The summed E-state index contributed by atoms with van der Waals surface area (Å²) in [5.41, 5.74) is 2.25. The lowest BCUT2D eigenvalue weighted by molar-refractivity contribution is -0.182. The number of allylic oxidation sites excluding steroid dienone is 1. The van der Waals surface area contributed by atoms with Gasteiger partial charge >= 0.3 is 5.97 Å². The average Bonchev–Trinajstić information content (AvgIpc) is 3.09. The lowest BCUT2D eigenvalue weighted by Crippen LogP contribution is -2.77. The highest BCUT2D eigenvalue weighted by atomic mass is 16.5. The molecule has 0 amide bonds. The minimum Gasteiger partial charge on any atom is -0.468 e. The van der Waals surface area contributed by atoms with Crippen LogP contribution in [0.4, 0.5) is 5.69 Å². The van der Waals surface area contributed by atoms with Crippen molar-refractivity contribution in [2.45, 2.75) is 37.5 Å². The number of para-hydroxylation sites is 1. The maximum Gasteiger partial charge on any atom is 0.316 e. The molecule has 0 radical (unpaired) electrons. The van der Waals surface area contributed by atoms with E-state index in [1.165, 1.54) is 12.7 Å². The second-order valence-electron chi connectivity index (χ2n) is 8.28. The number of esters is 1. The first kappa shape index (κ1) is 18.0. The quantitative estimate of drug-likeness (QED) is 0.641. The fraction of sp³-hybridized carbons (Fsp3) is 0.545. The van der Waals surface area contributed by atoms with Gasteiger partial charge < -0.3 is 14.6 Å². The van der Waals surface area contributed by atoms with E-state index in [1.54, 1.807) is 7.11 Å². The third kappa shape index (κ3) is 1.80. The summed E-state index contributed by atoms with van der Waals surface area (Å²) in [4.78, 5) is 20.9. The predicted molar refractivity (Wildman–Crippen MR) is 105 cm³/mol. The summed E-state index contributed by atoms with van der Waals surface area (Å²) in [5.74, 6) is -0.438. The maximum absolute atomic E-state index is 13.5. The number of hydrogen-bond donors (Lipinski definition) is 1. The standard InChI is InChI=1S/C22H26N2O4/c1-4-13-11-24-17-9-15(13)22(12-25,20(26)28-3)21(10-18(24)27-2)14-7-5-6-8-16(14)23-19(17)21/h4-8,15,17-18,25H,9-12H2,1-3H3/b13-4-/t15-,17-,18-,21+,22-/m0/s1. The number of ether oxygens (including phenoxy) is 2. The molecule has 5 atom stereocenters. The van der Waals surface area contributed by atoms with Crippen molar-refractivity contribution in [3.05, 3.63) is 41.5 Å². The van der Waals surface area contributed by atoms with Crippen LogP contribution in [0.15, 0.2) is 40.9 Å². The molecule has 3 aliphatic heterocycles. The average molecular weight is 382 g/mol. The van der Waals surface area contributed by atoms with Gasteiger partial charge in [-0.15, -0.1) is 0 Å². The molecule has 3 bridgehead atoms. The molecule has 1 saturated carbocycles. The lowest BCUT2D eigenvalue weighted by Gasteiger charge is -2.65. The van der Waals surface area contributed by atoms with Gasteiger partial charge in [-0.05, 0) is 25.0 Å². The van der Waals surface area contributed by atoms with Gasteiger partial charge in [-0.2, -0.15) is 0 Å². The molecule has 3 heterocycles. The Balaban J connectivity index is 1.88. The van der Waals surface area contributed by atoms with Gasteiger partial charge in [0.05, 0.1) is 30.9 Å². The molecule has 3 fully saturated rings. The number of aliphatic imine (C=N–C) groups is 1.